The molecule has 3 aliphatic rings. The molecular formula is C21H32N2O. The fraction of sp³-hybridized carbons (Fsp3) is 0.762. The zero-order valence-corrected chi connectivity index (χ0v) is 15.4. The van der Waals surface area contributed by atoms with Crippen LogP contribution in [0, 0.1) is 18.3 Å². The summed E-state index contributed by atoms with van der Waals surface area (Å²) in [5, 5.41) is 0. The standard InChI is InChI=1S/C21H32N2O/c1-3-24-16-20(9-8-18-5-6-18)12-13-23(15-20)21(10-11-21)19-7-4-17(2)22-14-19/h4,7,14,18H,3,5-6,8-13,15-16H2,1-2H3. The molecule has 3 fully saturated rings. The molecular weight excluding hydrogens is 296 g/mol. The number of nitrogens with zero attached hydrogens (tertiary/aromatic N) is 2. The second-order valence-corrected chi connectivity index (χ2v) is 8.51. The molecule has 1 saturated heterocycles. The Bertz CT molecular complexity index is 562. The predicted octanol–water partition coefficient (Wildman–Crippen LogP) is 4.30. The molecule has 132 valence electrons. The highest BCUT2D eigenvalue weighted by Gasteiger charge is 2.54. The van der Waals surface area contributed by atoms with E-state index in [-0.39, 0.29) is 5.54 Å². The minimum Gasteiger partial charge on any atom is -0.381 e. The van der Waals surface area contributed by atoms with Crippen LogP contribution in [0.2, 0.25) is 0 Å². The van der Waals surface area contributed by atoms with Crippen molar-refractivity contribution in [3.05, 3.63) is 29.6 Å². The first-order valence-corrected chi connectivity index (χ1v) is 9.92. The lowest BCUT2D eigenvalue weighted by Gasteiger charge is -2.33. The molecule has 0 radical (unpaired) electrons. The second kappa shape index (κ2) is 6.42. The molecule has 1 aromatic rings. The van der Waals surface area contributed by atoms with Crippen molar-refractivity contribution in [1.29, 1.82) is 0 Å². The number of pyridine rings is 1. The van der Waals surface area contributed by atoms with E-state index in [1.54, 1.807) is 0 Å². The number of likely N-dealkylation sites (tertiary alicyclic amines) is 1. The summed E-state index contributed by atoms with van der Waals surface area (Å²) in [4.78, 5) is 7.33. The molecule has 24 heavy (non-hydrogen) atoms. The summed E-state index contributed by atoms with van der Waals surface area (Å²) in [5.41, 5.74) is 3.23. The zero-order chi connectivity index (χ0) is 16.6. The van der Waals surface area contributed by atoms with Gasteiger partial charge in [0.25, 0.3) is 0 Å². The van der Waals surface area contributed by atoms with Crippen LogP contribution in [0.4, 0.5) is 0 Å². The number of aromatic nitrogens is 1. The van der Waals surface area contributed by atoms with Gasteiger partial charge < -0.3 is 4.74 Å². The molecule has 1 atom stereocenters. The smallest absolute Gasteiger partial charge is 0.0535 e. The van der Waals surface area contributed by atoms with Crippen molar-refractivity contribution < 1.29 is 4.74 Å². The maximum Gasteiger partial charge on any atom is 0.0535 e. The van der Waals surface area contributed by atoms with Crippen molar-refractivity contribution in [2.75, 3.05) is 26.3 Å². The summed E-state index contributed by atoms with van der Waals surface area (Å²) in [7, 11) is 0. The molecule has 1 aromatic heterocycles. The van der Waals surface area contributed by atoms with Gasteiger partial charge in [0.05, 0.1) is 6.61 Å². The third-order valence-corrected chi connectivity index (χ3v) is 6.61. The number of rotatable bonds is 8. The fourth-order valence-electron chi connectivity index (χ4n) is 4.58. The van der Waals surface area contributed by atoms with Crippen molar-refractivity contribution >= 4 is 0 Å². The Balaban J connectivity index is 1.47. The Morgan fingerprint density at radius 3 is 2.71 bits per heavy atom. The first-order valence-electron chi connectivity index (χ1n) is 9.92. The molecule has 2 saturated carbocycles. The third-order valence-electron chi connectivity index (χ3n) is 6.61. The molecule has 0 aromatic carbocycles. The summed E-state index contributed by atoms with van der Waals surface area (Å²) in [6, 6.07) is 4.48. The van der Waals surface area contributed by atoms with Gasteiger partial charge in [0.2, 0.25) is 0 Å². The van der Waals surface area contributed by atoms with Crippen LogP contribution in [0.25, 0.3) is 0 Å². The van der Waals surface area contributed by atoms with Gasteiger partial charge in [-0.15, -0.1) is 0 Å². The van der Waals surface area contributed by atoms with Crippen LogP contribution in [0.15, 0.2) is 18.3 Å². The summed E-state index contributed by atoms with van der Waals surface area (Å²) < 4.78 is 5.94. The zero-order valence-electron chi connectivity index (χ0n) is 15.4. The van der Waals surface area contributed by atoms with Gasteiger partial charge in [0.15, 0.2) is 0 Å². The molecule has 3 nitrogen and oxygen atoms in total. The van der Waals surface area contributed by atoms with Gasteiger partial charge in [-0.3, -0.25) is 9.88 Å². The van der Waals surface area contributed by atoms with Crippen molar-refractivity contribution in [2.24, 2.45) is 11.3 Å². The van der Waals surface area contributed by atoms with Crippen LogP contribution in [0.5, 0.6) is 0 Å². The number of ether oxygens (including phenoxy) is 1. The van der Waals surface area contributed by atoms with Crippen molar-refractivity contribution in [3.63, 3.8) is 0 Å². The SMILES string of the molecule is CCOCC1(CCC2CC2)CCN(C2(c3ccc(C)nc3)CC2)C1. The first kappa shape index (κ1) is 16.5. The highest BCUT2D eigenvalue weighted by Crippen LogP contribution is 2.55. The molecule has 4 rings (SSSR count). The van der Waals surface area contributed by atoms with Crippen LogP contribution >= 0.6 is 0 Å². The molecule has 3 heteroatoms. The number of hydrogen-bond donors (Lipinski definition) is 0. The molecule has 0 amide bonds. The van der Waals surface area contributed by atoms with Crippen LogP contribution in [0.1, 0.15) is 63.1 Å². The Morgan fingerprint density at radius 2 is 2.08 bits per heavy atom. The Morgan fingerprint density at radius 1 is 1.25 bits per heavy atom. The Kier molecular flexibility index (Phi) is 4.42. The first-order chi connectivity index (χ1) is 11.7. The van der Waals surface area contributed by atoms with E-state index in [2.05, 4.69) is 42.1 Å². The molecule has 1 aliphatic heterocycles. The van der Waals surface area contributed by atoms with Gasteiger partial charge in [-0.1, -0.05) is 18.9 Å². The highest BCUT2D eigenvalue weighted by atomic mass is 16.5. The lowest BCUT2D eigenvalue weighted by atomic mass is 9.82. The summed E-state index contributed by atoms with van der Waals surface area (Å²) in [6.07, 6.45) is 11.7. The summed E-state index contributed by atoms with van der Waals surface area (Å²) >= 11 is 0. The van der Waals surface area contributed by atoms with E-state index in [0.29, 0.717) is 5.41 Å². The summed E-state index contributed by atoms with van der Waals surface area (Å²) in [6.45, 7) is 8.44. The minimum atomic E-state index is 0.286. The normalized spacial score (nSPS) is 29.1. The van der Waals surface area contributed by atoms with Crippen LogP contribution in [0.3, 0.4) is 0 Å². The van der Waals surface area contributed by atoms with Gasteiger partial charge in [-0.25, -0.2) is 0 Å². The van der Waals surface area contributed by atoms with E-state index in [4.69, 9.17) is 4.74 Å². The average molecular weight is 329 g/mol. The third kappa shape index (κ3) is 3.25. The van der Waals surface area contributed by atoms with Crippen molar-refractivity contribution in [2.45, 2.75) is 64.3 Å². The largest absolute Gasteiger partial charge is 0.381 e. The maximum absolute atomic E-state index is 5.94. The minimum absolute atomic E-state index is 0.286. The van der Waals surface area contributed by atoms with Gasteiger partial charge >= 0.3 is 0 Å². The lowest BCUT2D eigenvalue weighted by molar-refractivity contribution is 0.0421. The molecule has 2 heterocycles. The van der Waals surface area contributed by atoms with Crippen LogP contribution in [-0.4, -0.2) is 36.2 Å². The van der Waals surface area contributed by atoms with Crippen molar-refractivity contribution in [3.8, 4) is 0 Å². The van der Waals surface area contributed by atoms with E-state index in [1.165, 1.54) is 63.6 Å². The van der Waals surface area contributed by atoms with Crippen molar-refractivity contribution in [1.82, 2.24) is 9.88 Å². The number of hydrogen-bond acceptors (Lipinski definition) is 3. The van der Waals surface area contributed by atoms with E-state index >= 15 is 0 Å². The Labute approximate surface area is 146 Å². The fourth-order valence-corrected chi connectivity index (χ4v) is 4.58. The monoisotopic (exact) mass is 328 g/mol. The predicted molar refractivity (Wildman–Crippen MR) is 97.0 cm³/mol. The average Bonchev–Trinajstić information content (AvgIpc) is 3.52. The van der Waals surface area contributed by atoms with E-state index < -0.39 is 0 Å². The lowest BCUT2D eigenvalue weighted by Crippen LogP contribution is -2.37. The summed E-state index contributed by atoms with van der Waals surface area (Å²) in [5.74, 6) is 1.02. The van der Waals surface area contributed by atoms with Gasteiger partial charge in [0, 0.05) is 36.0 Å². The molecule has 0 N–H and O–H groups in total. The van der Waals surface area contributed by atoms with Crippen LogP contribution < -0.4 is 0 Å². The van der Waals surface area contributed by atoms with E-state index in [1.807, 2.05) is 0 Å². The second-order valence-electron chi connectivity index (χ2n) is 8.51. The van der Waals surface area contributed by atoms with E-state index in [0.717, 1.165) is 24.8 Å². The highest BCUT2D eigenvalue weighted by molar-refractivity contribution is 5.29. The molecule has 0 spiro atoms. The van der Waals surface area contributed by atoms with Gasteiger partial charge in [-0.05, 0) is 70.0 Å². The van der Waals surface area contributed by atoms with Crippen LogP contribution in [-0.2, 0) is 10.3 Å². The molecule has 2 aliphatic carbocycles. The maximum atomic E-state index is 5.94. The topological polar surface area (TPSA) is 25.4 Å². The van der Waals surface area contributed by atoms with E-state index in [9.17, 15) is 0 Å². The number of aryl methyl sites for hydroxylation is 1. The quantitative estimate of drug-likeness (QED) is 0.711. The molecule has 0 bridgehead atoms. The van der Waals surface area contributed by atoms with Gasteiger partial charge in [0.1, 0.15) is 0 Å². The Hall–Kier alpha value is -0.930. The van der Waals surface area contributed by atoms with Gasteiger partial charge in [-0.2, -0.15) is 0 Å². The molecule has 1 unspecified atom stereocenters.